The Hall–Kier alpha value is -2.81. The highest BCUT2D eigenvalue weighted by Crippen LogP contribution is 2.27. The number of nitrogens with one attached hydrogen (secondary N) is 1. The number of hydrogen-bond acceptors (Lipinski definition) is 5. The standard InChI is InChI=1S/C20H16ClN3OS/c1-2-25-18-9-7-17(8-10-18)23-12-15(11-22)20-24-19(13-26-20)14-3-5-16(21)6-4-14/h3-10,12-13,23H,2H2,1H3. The van der Waals surface area contributed by atoms with E-state index >= 15 is 0 Å². The number of nitriles is 1. The molecule has 2 aromatic carbocycles. The molecular weight excluding hydrogens is 366 g/mol. The van der Waals surface area contributed by atoms with Gasteiger partial charge in [0.2, 0.25) is 0 Å². The fraction of sp³-hybridized carbons (Fsp3) is 0.100. The van der Waals surface area contributed by atoms with Gasteiger partial charge in [0.1, 0.15) is 22.4 Å². The van der Waals surface area contributed by atoms with Crippen LogP contribution in [-0.4, -0.2) is 11.6 Å². The first-order valence-electron chi connectivity index (χ1n) is 8.01. The average molecular weight is 382 g/mol. The SMILES string of the molecule is CCOc1ccc(NC=C(C#N)c2nc(-c3ccc(Cl)cc3)cs2)cc1. The van der Waals surface area contributed by atoms with Gasteiger partial charge in [-0.05, 0) is 43.3 Å². The van der Waals surface area contributed by atoms with E-state index in [1.807, 2.05) is 60.8 Å². The number of ether oxygens (including phenoxy) is 1. The van der Waals surface area contributed by atoms with Gasteiger partial charge in [0.25, 0.3) is 0 Å². The molecule has 6 heteroatoms. The van der Waals surface area contributed by atoms with E-state index in [0.29, 0.717) is 22.2 Å². The van der Waals surface area contributed by atoms with Gasteiger partial charge in [-0.15, -0.1) is 11.3 Å². The van der Waals surface area contributed by atoms with Crippen molar-refractivity contribution in [3.05, 3.63) is 70.1 Å². The Morgan fingerprint density at radius 1 is 1.23 bits per heavy atom. The van der Waals surface area contributed by atoms with E-state index in [0.717, 1.165) is 22.7 Å². The summed E-state index contributed by atoms with van der Waals surface area (Å²) in [6.45, 7) is 2.58. The number of aromatic nitrogens is 1. The molecule has 3 rings (SSSR count). The van der Waals surface area contributed by atoms with Crippen molar-refractivity contribution in [2.75, 3.05) is 11.9 Å². The normalized spacial score (nSPS) is 11.0. The van der Waals surface area contributed by atoms with Crippen molar-refractivity contribution in [2.45, 2.75) is 6.92 Å². The van der Waals surface area contributed by atoms with Crippen molar-refractivity contribution >= 4 is 34.2 Å². The highest BCUT2D eigenvalue weighted by atomic mass is 35.5. The lowest BCUT2D eigenvalue weighted by Gasteiger charge is -2.05. The number of nitrogens with zero attached hydrogens (tertiary/aromatic N) is 2. The number of anilines is 1. The van der Waals surface area contributed by atoms with Crippen LogP contribution in [0.2, 0.25) is 5.02 Å². The minimum atomic E-state index is 0.476. The molecule has 0 radical (unpaired) electrons. The number of rotatable bonds is 6. The molecule has 1 aromatic heterocycles. The third kappa shape index (κ3) is 4.42. The fourth-order valence-corrected chi connectivity index (χ4v) is 3.18. The molecule has 1 heterocycles. The molecule has 0 aliphatic carbocycles. The van der Waals surface area contributed by atoms with Gasteiger partial charge < -0.3 is 10.1 Å². The monoisotopic (exact) mass is 381 g/mol. The van der Waals surface area contributed by atoms with E-state index in [4.69, 9.17) is 16.3 Å². The van der Waals surface area contributed by atoms with E-state index in [-0.39, 0.29) is 0 Å². The molecular formula is C20H16ClN3OS. The van der Waals surface area contributed by atoms with Crippen LogP contribution in [-0.2, 0) is 0 Å². The maximum Gasteiger partial charge on any atom is 0.136 e. The molecule has 0 spiro atoms. The number of thiazole rings is 1. The fourth-order valence-electron chi connectivity index (χ4n) is 2.26. The molecule has 1 N–H and O–H groups in total. The number of hydrogen-bond donors (Lipinski definition) is 1. The molecule has 0 saturated carbocycles. The molecule has 4 nitrogen and oxygen atoms in total. The van der Waals surface area contributed by atoms with Gasteiger partial charge in [-0.1, -0.05) is 23.7 Å². The van der Waals surface area contributed by atoms with Crippen LogP contribution in [0.5, 0.6) is 5.75 Å². The number of benzene rings is 2. The first-order valence-corrected chi connectivity index (χ1v) is 9.27. The molecule has 0 atom stereocenters. The van der Waals surface area contributed by atoms with Crippen molar-refractivity contribution in [1.82, 2.24) is 4.98 Å². The van der Waals surface area contributed by atoms with Crippen LogP contribution in [0.3, 0.4) is 0 Å². The maximum absolute atomic E-state index is 9.46. The van der Waals surface area contributed by atoms with Crippen LogP contribution in [0, 0.1) is 11.3 Å². The number of halogens is 1. The van der Waals surface area contributed by atoms with Gasteiger partial charge in [-0.25, -0.2) is 4.98 Å². The molecule has 0 saturated heterocycles. The topological polar surface area (TPSA) is 57.9 Å². The molecule has 3 aromatic rings. The first-order chi connectivity index (χ1) is 12.7. The zero-order valence-electron chi connectivity index (χ0n) is 14.1. The minimum Gasteiger partial charge on any atom is -0.494 e. The molecule has 0 amide bonds. The van der Waals surface area contributed by atoms with Crippen LogP contribution >= 0.6 is 22.9 Å². The second kappa shape index (κ2) is 8.52. The Morgan fingerprint density at radius 2 is 1.96 bits per heavy atom. The predicted octanol–water partition coefficient (Wildman–Crippen LogP) is 5.84. The lowest BCUT2D eigenvalue weighted by molar-refractivity contribution is 0.340. The first kappa shape index (κ1) is 18.0. The van der Waals surface area contributed by atoms with Gasteiger partial charge >= 0.3 is 0 Å². The summed E-state index contributed by atoms with van der Waals surface area (Å²) in [5.74, 6) is 0.815. The largest absolute Gasteiger partial charge is 0.494 e. The van der Waals surface area contributed by atoms with Crippen LogP contribution in [0.4, 0.5) is 5.69 Å². The maximum atomic E-state index is 9.46. The Labute approximate surface area is 161 Å². The van der Waals surface area contributed by atoms with Crippen LogP contribution in [0.1, 0.15) is 11.9 Å². The summed E-state index contributed by atoms with van der Waals surface area (Å²) >= 11 is 7.35. The van der Waals surface area contributed by atoms with E-state index in [1.165, 1.54) is 11.3 Å². The third-order valence-corrected chi connectivity index (χ3v) is 4.67. The van der Waals surface area contributed by atoms with E-state index in [2.05, 4.69) is 16.4 Å². The summed E-state index contributed by atoms with van der Waals surface area (Å²) in [7, 11) is 0. The Bertz CT molecular complexity index is 940. The van der Waals surface area contributed by atoms with Crippen molar-refractivity contribution in [3.63, 3.8) is 0 Å². The average Bonchev–Trinajstić information content (AvgIpc) is 3.14. The summed E-state index contributed by atoms with van der Waals surface area (Å²) in [6, 6.07) is 17.2. The van der Waals surface area contributed by atoms with Crippen molar-refractivity contribution in [3.8, 4) is 23.1 Å². The lowest BCUT2D eigenvalue weighted by atomic mass is 10.2. The zero-order valence-corrected chi connectivity index (χ0v) is 15.6. The minimum absolute atomic E-state index is 0.476. The van der Waals surface area contributed by atoms with Crippen LogP contribution in [0.25, 0.3) is 16.8 Å². The molecule has 26 heavy (non-hydrogen) atoms. The quantitative estimate of drug-likeness (QED) is 0.545. The Morgan fingerprint density at radius 3 is 2.62 bits per heavy atom. The summed E-state index contributed by atoms with van der Waals surface area (Å²) in [5, 5.41) is 15.9. The summed E-state index contributed by atoms with van der Waals surface area (Å²) < 4.78 is 5.42. The summed E-state index contributed by atoms with van der Waals surface area (Å²) in [5.41, 5.74) is 3.14. The van der Waals surface area contributed by atoms with Gasteiger partial charge in [-0.2, -0.15) is 5.26 Å². The third-order valence-electron chi connectivity index (χ3n) is 3.54. The Balaban J connectivity index is 1.75. The van der Waals surface area contributed by atoms with Crippen LogP contribution < -0.4 is 10.1 Å². The van der Waals surface area contributed by atoms with Gasteiger partial charge in [0.15, 0.2) is 0 Å². The smallest absolute Gasteiger partial charge is 0.136 e. The van der Waals surface area contributed by atoms with Crippen LogP contribution in [0.15, 0.2) is 60.1 Å². The van der Waals surface area contributed by atoms with Gasteiger partial charge in [-0.3, -0.25) is 0 Å². The van der Waals surface area contributed by atoms with Crippen molar-refractivity contribution < 1.29 is 4.74 Å². The summed E-state index contributed by atoms with van der Waals surface area (Å²) in [6.07, 6.45) is 1.67. The molecule has 130 valence electrons. The van der Waals surface area contributed by atoms with E-state index in [9.17, 15) is 5.26 Å². The molecule has 0 fully saturated rings. The number of allylic oxidation sites excluding steroid dienone is 1. The van der Waals surface area contributed by atoms with E-state index in [1.54, 1.807) is 6.20 Å². The highest BCUT2D eigenvalue weighted by Gasteiger charge is 2.09. The molecule has 0 bridgehead atoms. The molecule has 0 unspecified atom stereocenters. The Kier molecular flexibility index (Phi) is 5.90. The molecule has 0 aliphatic rings. The van der Waals surface area contributed by atoms with Crippen molar-refractivity contribution in [2.24, 2.45) is 0 Å². The second-order valence-corrected chi connectivity index (χ2v) is 6.61. The second-order valence-electron chi connectivity index (χ2n) is 5.32. The van der Waals surface area contributed by atoms with Crippen molar-refractivity contribution in [1.29, 1.82) is 5.26 Å². The molecule has 0 aliphatic heterocycles. The lowest BCUT2D eigenvalue weighted by Crippen LogP contribution is -1.93. The van der Waals surface area contributed by atoms with Gasteiger partial charge in [0.05, 0.1) is 12.3 Å². The van der Waals surface area contributed by atoms with E-state index < -0.39 is 0 Å². The van der Waals surface area contributed by atoms with Gasteiger partial charge in [0, 0.05) is 27.9 Å². The zero-order chi connectivity index (χ0) is 18.4. The highest BCUT2D eigenvalue weighted by molar-refractivity contribution is 7.11. The summed E-state index contributed by atoms with van der Waals surface area (Å²) in [4.78, 5) is 4.56. The predicted molar refractivity (Wildman–Crippen MR) is 107 cm³/mol.